The lowest BCUT2D eigenvalue weighted by molar-refractivity contribution is -0.176. The number of hydrogen-bond donors (Lipinski definition) is 1. The summed E-state index contributed by atoms with van der Waals surface area (Å²) >= 11 is 0. The van der Waals surface area contributed by atoms with Gasteiger partial charge in [-0.25, -0.2) is 9.97 Å². The molecule has 8 nitrogen and oxygen atoms in total. The number of hydrogen-bond acceptors (Lipinski definition) is 7. The molecule has 11 heteroatoms. The summed E-state index contributed by atoms with van der Waals surface area (Å²) in [6, 6.07) is 7.16. The van der Waals surface area contributed by atoms with Gasteiger partial charge in [-0.3, -0.25) is 0 Å². The van der Waals surface area contributed by atoms with Gasteiger partial charge in [0.05, 0.1) is 37.1 Å². The van der Waals surface area contributed by atoms with Crippen molar-refractivity contribution in [1.82, 2.24) is 19.5 Å². The zero-order valence-corrected chi connectivity index (χ0v) is 17.7. The maximum absolute atomic E-state index is 12.4. The van der Waals surface area contributed by atoms with Crippen LogP contribution in [0.25, 0.3) is 5.69 Å². The van der Waals surface area contributed by atoms with Gasteiger partial charge in [0.25, 0.3) is 0 Å². The van der Waals surface area contributed by atoms with Gasteiger partial charge in [-0.15, -0.1) is 0 Å². The molecule has 170 valence electrons. The highest BCUT2D eigenvalue weighted by Gasteiger charge is 2.27. The Bertz CT molecular complexity index is 1080. The SMILES string of the molecule is COc1cc(Nc2nc(COCC(F)(F)F)cc(N3CCC3)n2)ccc1-n1cnc(C)c1. The highest BCUT2D eigenvalue weighted by Crippen LogP contribution is 2.29. The zero-order valence-electron chi connectivity index (χ0n) is 17.7. The number of benzene rings is 1. The molecule has 1 fully saturated rings. The summed E-state index contributed by atoms with van der Waals surface area (Å²) in [6.45, 7) is 1.99. The Kier molecular flexibility index (Phi) is 6.17. The molecule has 0 aliphatic carbocycles. The molecule has 32 heavy (non-hydrogen) atoms. The number of methoxy groups -OCH3 is 1. The smallest absolute Gasteiger partial charge is 0.411 e. The van der Waals surface area contributed by atoms with E-state index in [2.05, 4.69) is 20.3 Å². The maximum atomic E-state index is 12.4. The molecule has 0 bridgehead atoms. The van der Waals surface area contributed by atoms with Crippen molar-refractivity contribution < 1.29 is 22.6 Å². The first kappa shape index (κ1) is 21.9. The average molecular weight is 448 g/mol. The van der Waals surface area contributed by atoms with Crippen LogP contribution < -0.4 is 15.0 Å². The molecule has 2 aromatic heterocycles. The number of anilines is 3. The summed E-state index contributed by atoms with van der Waals surface area (Å²) in [4.78, 5) is 15.1. The predicted octanol–water partition coefficient (Wildman–Crippen LogP) is 4.01. The fourth-order valence-electron chi connectivity index (χ4n) is 3.24. The van der Waals surface area contributed by atoms with Crippen molar-refractivity contribution in [2.24, 2.45) is 0 Å². The van der Waals surface area contributed by atoms with Crippen molar-refractivity contribution in [3.05, 3.63) is 48.2 Å². The van der Waals surface area contributed by atoms with E-state index in [0.717, 1.165) is 30.9 Å². The van der Waals surface area contributed by atoms with Crippen LogP contribution in [0, 0.1) is 6.92 Å². The van der Waals surface area contributed by atoms with Gasteiger partial charge in [-0.1, -0.05) is 0 Å². The monoisotopic (exact) mass is 448 g/mol. The molecule has 1 N–H and O–H groups in total. The van der Waals surface area contributed by atoms with Crippen LogP contribution >= 0.6 is 0 Å². The summed E-state index contributed by atoms with van der Waals surface area (Å²) in [7, 11) is 1.57. The van der Waals surface area contributed by atoms with Crippen LogP contribution in [-0.2, 0) is 11.3 Å². The van der Waals surface area contributed by atoms with E-state index in [0.29, 0.717) is 22.9 Å². The number of halogens is 3. The van der Waals surface area contributed by atoms with E-state index < -0.39 is 12.8 Å². The summed E-state index contributed by atoms with van der Waals surface area (Å²) < 4.78 is 49.5. The third-order valence-electron chi connectivity index (χ3n) is 4.89. The molecule has 0 unspecified atom stereocenters. The Labute approximate surface area is 183 Å². The van der Waals surface area contributed by atoms with E-state index in [1.54, 1.807) is 25.6 Å². The molecule has 3 heterocycles. The van der Waals surface area contributed by atoms with Crippen molar-refractivity contribution >= 4 is 17.5 Å². The Morgan fingerprint density at radius 2 is 1.97 bits per heavy atom. The van der Waals surface area contributed by atoms with Gasteiger partial charge in [-0.05, 0) is 25.5 Å². The van der Waals surface area contributed by atoms with Gasteiger partial charge >= 0.3 is 6.18 Å². The Morgan fingerprint density at radius 1 is 1.16 bits per heavy atom. The van der Waals surface area contributed by atoms with E-state index in [4.69, 9.17) is 9.47 Å². The minimum atomic E-state index is -4.39. The normalized spacial score (nSPS) is 13.7. The van der Waals surface area contributed by atoms with Crippen LogP contribution in [0.3, 0.4) is 0 Å². The number of rotatable bonds is 8. The first-order valence-corrected chi connectivity index (χ1v) is 10.0. The van der Waals surface area contributed by atoms with Gasteiger partial charge < -0.3 is 24.3 Å². The van der Waals surface area contributed by atoms with Crippen LogP contribution in [0.4, 0.5) is 30.6 Å². The van der Waals surface area contributed by atoms with Gasteiger partial charge in [-0.2, -0.15) is 18.2 Å². The third kappa shape index (κ3) is 5.28. The summed E-state index contributed by atoms with van der Waals surface area (Å²) in [5, 5.41) is 3.12. The molecule has 0 atom stereocenters. The van der Waals surface area contributed by atoms with E-state index >= 15 is 0 Å². The average Bonchev–Trinajstić information content (AvgIpc) is 3.11. The number of imidazole rings is 1. The number of aromatic nitrogens is 4. The predicted molar refractivity (Wildman–Crippen MR) is 113 cm³/mol. The lowest BCUT2D eigenvalue weighted by Crippen LogP contribution is -2.37. The van der Waals surface area contributed by atoms with Crippen LogP contribution in [0.1, 0.15) is 17.8 Å². The quantitative estimate of drug-likeness (QED) is 0.558. The van der Waals surface area contributed by atoms with Crippen LogP contribution in [0.15, 0.2) is 36.8 Å². The lowest BCUT2D eigenvalue weighted by atomic mass is 10.2. The maximum Gasteiger partial charge on any atom is 0.411 e. The second-order valence-electron chi connectivity index (χ2n) is 7.42. The van der Waals surface area contributed by atoms with Gasteiger partial charge in [0.2, 0.25) is 5.95 Å². The highest BCUT2D eigenvalue weighted by atomic mass is 19.4. The Hall–Kier alpha value is -3.34. The highest BCUT2D eigenvalue weighted by molar-refractivity contribution is 5.63. The van der Waals surface area contributed by atoms with E-state index in [-0.39, 0.29) is 12.6 Å². The standard InChI is InChI=1S/C21H23F3N6O2/c1-14-10-30(13-25-14)17-5-4-15(8-18(17)31-2)26-20-27-16(11-32-12-21(22,23)24)9-19(28-20)29-6-3-7-29/h4-5,8-10,13H,3,6-7,11-12H2,1-2H3,(H,26,27,28). The van der Waals surface area contributed by atoms with E-state index in [1.807, 2.05) is 34.7 Å². The molecule has 0 radical (unpaired) electrons. The van der Waals surface area contributed by atoms with Crippen molar-refractivity contribution in [1.29, 1.82) is 0 Å². The first-order valence-electron chi connectivity index (χ1n) is 10.0. The second kappa shape index (κ2) is 9.03. The van der Waals surface area contributed by atoms with Gasteiger partial charge in [0.15, 0.2) is 0 Å². The fraction of sp³-hybridized carbons (Fsp3) is 0.381. The van der Waals surface area contributed by atoms with E-state index in [9.17, 15) is 13.2 Å². The number of nitrogens with one attached hydrogen (secondary N) is 1. The number of aryl methyl sites for hydroxylation is 1. The minimum Gasteiger partial charge on any atom is -0.494 e. The van der Waals surface area contributed by atoms with Gasteiger partial charge in [0, 0.05) is 37.1 Å². The topological polar surface area (TPSA) is 77.3 Å². The molecule has 1 aromatic carbocycles. The molecular formula is C21H23F3N6O2. The fourth-order valence-corrected chi connectivity index (χ4v) is 3.24. The largest absolute Gasteiger partial charge is 0.494 e. The summed E-state index contributed by atoms with van der Waals surface area (Å²) in [5.74, 6) is 1.53. The number of ether oxygens (including phenoxy) is 2. The molecule has 0 saturated carbocycles. The molecule has 1 aliphatic rings. The Balaban J connectivity index is 1.56. The molecule has 1 saturated heterocycles. The third-order valence-corrected chi connectivity index (χ3v) is 4.89. The molecule has 0 amide bonds. The van der Waals surface area contributed by atoms with Gasteiger partial charge in [0.1, 0.15) is 18.2 Å². The second-order valence-corrected chi connectivity index (χ2v) is 7.42. The molecule has 0 spiro atoms. The minimum absolute atomic E-state index is 0.264. The van der Waals surface area contributed by atoms with E-state index in [1.165, 1.54) is 0 Å². The van der Waals surface area contributed by atoms with Crippen LogP contribution in [0.5, 0.6) is 5.75 Å². The summed E-state index contributed by atoms with van der Waals surface area (Å²) in [5.41, 5.74) is 2.73. The number of nitrogens with zero attached hydrogens (tertiary/aromatic N) is 5. The van der Waals surface area contributed by atoms with Crippen molar-refractivity contribution in [3.63, 3.8) is 0 Å². The first-order chi connectivity index (χ1) is 15.3. The zero-order chi connectivity index (χ0) is 22.7. The molecule has 3 aromatic rings. The summed E-state index contributed by atoms with van der Waals surface area (Å²) in [6.07, 6.45) is 0.241. The van der Waals surface area contributed by atoms with Crippen molar-refractivity contribution in [2.75, 3.05) is 37.0 Å². The lowest BCUT2D eigenvalue weighted by Gasteiger charge is -2.32. The molecular weight excluding hydrogens is 425 g/mol. The van der Waals surface area contributed by atoms with Crippen molar-refractivity contribution in [3.8, 4) is 11.4 Å². The van der Waals surface area contributed by atoms with Crippen molar-refractivity contribution in [2.45, 2.75) is 26.1 Å². The molecule has 4 rings (SSSR count). The Morgan fingerprint density at radius 3 is 2.59 bits per heavy atom. The number of alkyl halides is 3. The van der Waals surface area contributed by atoms with Crippen LogP contribution in [0.2, 0.25) is 0 Å². The molecule has 1 aliphatic heterocycles. The van der Waals surface area contributed by atoms with Crippen LogP contribution in [-0.4, -0.2) is 52.5 Å².